The first-order chi connectivity index (χ1) is 14.3. The van der Waals surface area contributed by atoms with Gasteiger partial charge in [-0.25, -0.2) is 9.37 Å². The van der Waals surface area contributed by atoms with Crippen LogP contribution < -0.4 is 0 Å². The molecule has 0 atom stereocenters. The van der Waals surface area contributed by atoms with Crippen molar-refractivity contribution in [1.82, 2.24) is 19.7 Å². The van der Waals surface area contributed by atoms with Crippen molar-refractivity contribution in [3.05, 3.63) is 90.2 Å². The van der Waals surface area contributed by atoms with Crippen LogP contribution in [0.5, 0.6) is 0 Å². The van der Waals surface area contributed by atoms with Gasteiger partial charge in [0.15, 0.2) is 11.6 Å². The Balaban J connectivity index is 1.59. The molecule has 29 heavy (non-hydrogen) atoms. The molecule has 4 nitrogen and oxygen atoms in total. The summed E-state index contributed by atoms with van der Waals surface area (Å²) in [4.78, 5) is 4.80. The van der Waals surface area contributed by atoms with E-state index in [1.807, 2.05) is 36.4 Å². The molecule has 0 fully saturated rings. The summed E-state index contributed by atoms with van der Waals surface area (Å²) >= 11 is 0. The van der Waals surface area contributed by atoms with Gasteiger partial charge in [-0.1, -0.05) is 42.5 Å². The fraction of sp³-hybridized carbons (Fsp3) is 0.0417. The van der Waals surface area contributed by atoms with Crippen LogP contribution in [0, 0.1) is 5.82 Å². The fourth-order valence-electron chi connectivity index (χ4n) is 4.03. The maximum Gasteiger partial charge on any atom is 0.165 e. The van der Waals surface area contributed by atoms with Crippen LogP contribution >= 0.6 is 0 Å². The van der Waals surface area contributed by atoms with E-state index in [1.54, 1.807) is 12.1 Å². The van der Waals surface area contributed by atoms with Crippen molar-refractivity contribution >= 4 is 10.9 Å². The molecule has 0 spiro atoms. The van der Waals surface area contributed by atoms with Crippen LogP contribution in [-0.2, 0) is 6.54 Å². The quantitative estimate of drug-likeness (QED) is 0.409. The lowest BCUT2D eigenvalue weighted by Gasteiger charge is -2.10. The minimum absolute atomic E-state index is 0.261. The zero-order chi connectivity index (χ0) is 19.4. The lowest BCUT2D eigenvalue weighted by Crippen LogP contribution is -1.99. The molecule has 0 amide bonds. The molecule has 0 saturated heterocycles. The zero-order valence-electron chi connectivity index (χ0n) is 15.4. The van der Waals surface area contributed by atoms with Crippen LogP contribution in [0.2, 0.25) is 0 Å². The van der Waals surface area contributed by atoms with Crippen LogP contribution in [0.4, 0.5) is 4.39 Å². The summed E-state index contributed by atoms with van der Waals surface area (Å²) in [6.07, 6.45) is 0. The van der Waals surface area contributed by atoms with Gasteiger partial charge in [0.1, 0.15) is 5.82 Å². The topological polar surface area (TPSA) is 43.6 Å². The third kappa shape index (κ3) is 2.48. The SMILES string of the molecule is Fc1ccc(-c2cc(-c3nnc4n3Cc3ccccc3-4)c3ccccc3n2)cc1. The van der Waals surface area contributed by atoms with E-state index in [0.717, 1.165) is 51.5 Å². The standard InChI is InChI=1S/C24H15FN4/c25-17-11-9-15(10-12-17)22-13-20(19-7-3-4-8-21(19)26-22)24-28-27-23-18-6-2-1-5-16(18)14-29(23)24/h1-13H,14H2. The van der Waals surface area contributed by atoms with E-state index in [0.29, 0.717) is 0 Å². The van der Waals surface area contributed by atoms with E-state index in [-0.39, 0.29) is 5.82 Å². The largest absolute Gasteiger partial charge is 0.302 e. The first kappa shape index (κ1) is 16.1. The molecular weight excluding hydrogens is 363 g/mol. The molecule has 0 aliphatic carbocycles. The van der Waals surface area contributed by atoms with Gasteiger partial charge in [-0.05, 0) is 42.0 Å². The lowest BCUT2D eigenvalue weighted by atomic mass is 10.0. The summed E-state index contributed by atoms with van der Waals surface area (Å²) in [7, 11) is 0. The van der Waals surface area contributed by atoms with Crippen molar-refractivity contribution in [1.29, 1.82) is 0 Å². The van der Waals surface area contributed by atoms with Crippen molar-refractivity contribution < 1.29 is 4.39 Å². The Morgan fingerprint density at radius 3 is 2.34 bits per heavy atom. The van der Waals surface area contributed by atoms with Gasteiger partial charge in [0.25, 0.3) is 0 Å². The number of rotatable bonds is 2. The Hall–Kier alpha value is -3.86. The van der Waals surface area contributed by atoms with Gasteiger partial charge >= 0.3 is 0 Å². The monoisotopic (exact) mass is 378 g/mol. The summed E-state index contributed by atoms with van der Waals surface area (Å²) in [5.74, 6) is 1.45. The predicted octanol–water partition coefficient (Wildman–Crippen LogP) is 5.33. The molecule has 0 radical (unpaired) electrons. The summed E-state index contributed by atoms with van der Waals surface area (Å²) < 4.78 is 15.5. The molecule has 3 heterocycles. The third-order valence-electron chi connectivity index (χ3n) is 5.43. The van der Waals surface area contributed by atoms with Gasteiger partial charge in [0, 0.05) is 22.1 Å². The number of aromatic nitrogens is 4. The van der Waals surface area contributed by atoms with E-state index in [1.165, 1.54) is 17.7 Å². The van der Waals surface area contributed by atoms with Crippen LogP contribution in [-0.4, -0.2) is 19.7 Å². The second-order valence-corrected chi connectivity index (χ2v) is 7.17. The molecule has 2 aromatic heterocycles. The Morgan fingerprint density at radius 1 is 0.759 bits per heavy atom. The molecule has 0 saturated carbocycles. The number of para-hydroxylation sites is 1. The van der Waals surface area contributed by atoms with Crippen molar-refractivity contribution in [2.45, 2.75) is 6.54 Å². The Morgan fingerprint density at radius 2 is 1.48 bits per heavy atom. The lowest BCUT2D eigenvalue weighted by molar-refractivity contribution is 0.628. The number of pyridine rings is 1. The number of nitrogens with zero attached hydrogens (tertiary/aromatic N) is 4. The zero-order valence-corrected chi connectivity index (χ0v) is 15.4. The molecule has 0 bridgehead atoms. The van der Waals surface area contributed by atoms with E-state index in [9.17, 15) is 4.39 Å². The predicted molar refractivity (Wildman–Crippen MR) is 111 cm³/mol. The molecule has 0 unspecified atom stereocenters. The Bertz CT molecular complexity index is 1390. The average Bonchev–Trinajstić information content (AvgIpc) is 3.33. The van der Waals surface area contributed by atoms with Gasteiger partial charge in [0.05, 0.1) is 17.8 Å². The maximum absolute atomic E-state index is 13.4. The minimum Gasteiger partial charge on any atom is -0.302 e. The van der Waals surface area contributed by atoms with Crippen molar-refractivity contribution in [2.24, 2.45) is 0 Å². The summed E-state index contributed by atoms with van der Waals surface area (Å²) in [6.45, 7) is 0.746. The van der Waals surface area contributed by atoms with Gasteiger partial charge in [0.2, 0.25) is 0 Å². The van der Waals surface area contributed by atoms with Crippen LogP contribution in [0.15, 0.2) is 78.9 Å². The second-order valence-electron chi connectivity index (χ2n) is 7.17. The molecule has 6 rings (SSSR count). The fourth-order valence-corrected chi connectivity index (χ4v) is 4.03. The van der Waals surface area contributed by atoms with Crippen molar-refractivity contribution in [2.75, 3.05) is 0 Å². The molecule has 5 heteroatoms. The summed E-state index contributed by atoms with van der Waals surface area (Å²) in [6, 6.07) is 24.7. The molecular formula is C24H15FN4. The smallest absolute Gasteiger partial charge is 0.165 e. The summed E-state index contributed by atoms with van der Waals surface area (Å²) in [5.41, 5.74) is 5.87. The molecule has 138 valence electrons. The number of hydrogen-bond donors (Lipinski definition) is 0. The van der Waals surface area contributed by atoms with Gasteiger partial charge in [-0.15, -0.1) is 10.2 Å². The molecule has 1 aliphatic heterocycles. The van der Waals surface area contributed by atoms with E-state index < -0.39 is 0 Å². The van der Waals surface area contributed by atoms with Crippen LogP contribution in [0.25, 0.3) is 44.9 Å². The van der Waals surface area contributed by atoms with Crippen LogP contribution in [0.1, 0.15) is 5.56 Å². The minimum atomic E-state index is -0.261. The Kier molecular flexibility index (Phi) is 3.38. The molecule has 1 aliphatic rings. The van der Waals surface area contributed by atoms with E-state index in [2.05, 4.69) is 33.0 Å². The molecule has 5 aromatic rings. The number of hydrogen-bond acceptors (Lipinski definition) is 3. The summed E-state index contributed by atoms with van der Waals surface area (Å²) in [5, 5.41) is 10.0. The highest BCUT2D eigenvalue weighted by Crippen LogP contribution is 2.37. The maximum atomic E-state index is 13.4. The number of halogens is 1. The average molecular weight is 378 g/mol. The highest BCUT2D eigenvalue weighted by molar-refractivity contribution is 5.95. The highest BCUT2D eigenvalue weighted by Gasteiger charge is 2.25. The number of fused-ring (bicyclic) bond motifs is 4. The number of benzene rings is 3. The van der Waals surface area contributed by atoms with Gasteiger partial charge in [-0.2, -0.15) is 0 Å². The third-order valence-corrected chi connectivity index (χ3v) is 5.43. The molecule has 0 N–H and O–H groups in total. The van der Waals surface area contributed by atoms with Crippen LogP contribution in [0.3, 0.4) is 0 Å². The van der Waals surface area contributed by atoms with E-state index in [4.69, 9.17) is 4.98 Å². The first-order valence-corrected chi connectivity index (χ1v) is 9.45. The normalized spacial score (nSPS) is 12.2. The highest BCUT2D eigenvalue weighted by atomic mass is 19.1. The van der Waals surface area contributed by atoms with Crippen molar-refractivity contribution in [3.63, 3.8) is 0 Å². The van der Waals surface area contributed by atoms with E-state index >= 15 is 0 Å². The second kappa shape index (κ2) is 6.07. The van der Waals surface area contributed by atoms with Crippen molar-refractivity contribution in [3.8, 4) is 34.0 Å². The Labute approximate surface area is 166 Å². The van der Waals surface area contributed by atoms with Gasteiger partial charge < -0.3 is 4.57 Å². The van der Waals surface area contributed by atoms with Gasteiger partial charge in [-0.3, -0.25) is 0 Å². The molecule has 3 aromatic carbocycles. The first-order valence-electron chi connectivity index (χ1n) is 9.45.